The molecule has 16 heavy (non-hydrogen) atoms. The monoisotopic (exact) mass is 220 g/mol. The Kier molecular flexibility index (Phi) is 3.67. The summed E-state index contributed by atoms with van der Waals surface area (Å²) in [5.41, 5.74) is 7.76. The minimum absolute atomic E-state index is 0.298. The summed E-state index contributed by atoms with van der Waals surface area (Å²) in [5.74, 6) is 0. The van der Waals surface area contributed by atoms with E-state index in [-0.39, 0.29) is 0 Å². The van der Waals surface area contributed by atoms with Crippen molar-refractivity contribution in [2.45, 2.75) is 31.7 Å². The molecular weight excluding hydrogens is 200 g/mol. The van der Waals surface area contributed by atoms with Crippen LogP contribution in [0.2, 0.25) is 0 Å². The fraction of sp³-hybridized carbons (Fsp3) is 0.538. The smallest absolute Gasteiger partial charge is 0.0431 e. The maximum atomic E-state index is 8.88. The highest BCUT2D eigenvalue weighted by molar-refractivity contribution is 5.54. The fourth-order valence-corrected chi connectivity index (χ4v) is 2.47. The number of hydrogen-bond acceptors (Lipinski definition) is 3. The van der Waals surface area contributed by atoms with E-state index in [0.29, 0.717) is 12.6 Å². The summed E-state index contributed by atoms with van der Waals surface area (Å²) >= 11 is 0. The van der Waals surface area contributed by atoms with Crippen molar-refractivity contribution in [1.29, 1.82) is 0 Å². The van der Waals surface area contributed by atoms with Gasteiger partial charge in [0, 0.05) is 30.6 Å². The number of benzene rings is 1. The second-order valence-electron chi connectivity index (χ2n) is 4.45. The van der Waals surface area contributed by atoms with Crippen LogP contribution >= 0.6 is 0 Å². The molecule has 1 atom stereocenters. The molecular formula is C13H20N2O. The highest BCUT2D eigenvalue weighted by Crippen LogP contribution is 2.28. The molecule has 1 aromatic rings. The quantitative estimate of drug-likeness (QED) is 0.763. The van der Waals surface area contributed by atoms with Gasteiger partial charge in [-0.1, -0.05) is 0 Å². The van der Waals surface area contributed by atoms with Gasteiger partial charge in [-0.15, -0.1) is 0 Å². The van der Waals surface area contributed by atoms with Gasteiger partial charge in [0.2, 0.25) is 0 Å². The maximum Gasteiger partial charge on any atom is 0.0431 e. The molecule has 3 N–H and O–H groups in total. The lowest BCUT2D eigenvalue weighted by molar-refractivity contribution is 0.279. The summed E-state index contributed by atoms with van der Waals surface area (Å²) < 4.78 is 0. The number of anilines is 2. The number of nitrogen functional groups attached to an aromatic ring is 1. The highest BCUT2D eigenvalue weighted by Gasteiger charge is 2.23. The number of aliphatic hydroxyl groups is 1. The van der Waals surface area contributed by atoms with E-state index in [1.807, 2.05) is 12.1 Å². The molecule has 1 saturated heterocycles. The molecule has 0 aromatic heterocycles. The standard InChI is InChI=1S/C13H20N2O/c14-11-5-7-13(8-6-11)15-9-1-3-12(15)4-2-10-16/h5-8,12,16H,1-4,9-10,14H2. The van der Waals surface area contributed by atoms with Gasteiger partial charge in [0.1, 0.15) is 0 Å². The van der Waals surface area contributed by atoms with Gasteiger partial charge in [-0.25, -0.2) is 0 Å². The Labute approximate surface area is 96.9 Å². The molecule has 1 aromatic carbocycles. The maximum absolute atomic E-state index is 8.88. The zero-order valence-electron chi connectivity index (χ0n) is 9.60. The normalized spacial score (nSPS) is 20.3. The molecule has 3 nitrogen and oxygen atoms in total. The second-order valence-corrected chi connectivity index (χ2v) is 4.45. The molecule has 1 heterocycles. The highest BCUT2D eigenvalue weighted by atomic mass is 16.2. The summed E-state index contributed by atoms with van der Waals surface area (Å²) in [6, 6.07) is 8.68. The molecule has 2 rings (SSSR count). The second kappa shape index (κ2) is 5.21. The van der Waals surface area contributed by atoms with E-state index in [1.165, 1.54) is 18.5 Å². The third kappa shape index (κ3) is 2.47. The number of nitrogens with two attached hydrogens (primary N) is 1. The Bertz CT molecular complexity index is 323. The summed E-state index contributed by atoms with van der Waals surface area (Å²) in [4.78, 5) is 2.44. The van der Waals surface area contributed by atoms with Crippen LogP contribution in [0.15, 0.2) is 24.3 Å². The van der Waals surface area contributed by atoms with Crippen LogP contribution in [0.4, 0.5) is 11.4 Å². The van der Waals surface area contributed by atoms with Gasteiger partial charge in [-0.3, -0.25) is 0 Å². The first-order valence-corrected chi connectivity index (χ1v) is 6.04. The average molecular weight is 220 g/mol. The first-order valence-electron chi connectivity index (χ1n) is 6.04. The zero-order valence-corrected chi connectivity index (χ0v) is 9.60. The van der Waals surface area contributed by atoms with Crippen LogP contribution in [0.25, 0.3) is 0 Å². The zero-order chi connectivity index (χ0) is 11.4. The van der Waals surface area contributed by atoms with Crippen LogP contribution in [-0.2, 0) is 0 Å². The van der Waals surface area contributed by atoms with E-state index >= 15 is 0 Å². The van der Waals surface area contributed by atoms with E-state index in [2.05, 4.69) is 17.0 Å². The lowest BCUT2D eigenvalue weighted by atomic mass is 10.1. The van der Waals surface area contributed by atoms with Crippen LogP contribution < -0.4 is 10.6 Å². The fourth-order valence-electron chi connectivity index (χ4n) is 2.47. The van der Waals surface area contributed by atoms with Crippen molar-refractivity contribution in [3.05, 3.63) is 24.3 Å². The molecule has 1 unspecified atom stereocenters. The predicted molar refractivity (Wildman–Crippen MR) is 67.5 cm³/mol. The van der Waals surface area contributed by atoms with Crippen LogP contribution in [-0.4, -0.2) is 24.3 Å². The van der Waals surface area contributed by atoms with Crippen molar-refractivity contribution in [3.8, 4) is 0 Å². The minimum atomic E-state index is 0.298. The molecule has 88 valence electrons. The Morgan fingerprint density at radius 2 is 2.06 bits per heavy atom. The van der Waals surface area contributed by atoms with Gasteiger partial charge in [0.05, 0.1) is 0 Å². The first kappa shape index (κ1) is 11.3. The van der Waals surface area contributed by atoms with Gasteiger partial charge < -0.3 is 15.7 Å². The summed E-state index contributed by atoms with van der Waals surface area (Å²) in [7, 11) is 0. The van der Waals surface area contributed by atoms with Gasteiger partial charge in [0.15, 0.2) is 0 Å². The van der Waals surface area contributed by atoms with E-state index in [9.17, 15) is 0 Å². The van der Waals surface area contributed by atoms with E-state index in [1.54, 1.807) is 0 Å². The molecule has 0 amide bonds. The molecule has 1 aliphatic rings. The molecule has 0 aliphatic carbocycles. The van der Waals surface area contributed by atoms with Crippen molar-refractivity contribution in [2.24, 2.45) is 0 Å². The van der Waals surface area contributed by atoms with E-state index in [0.717, 1.165) is 25.1 Å². The van der Waals surface area contributed by atoms with Crippen molar-refractivity contribution >= 4 is 11.4 Å². The molecule has 0 radical (unpaired) electrons. The Morgan fingerprint density at radius 1 is 1.31 bits per heavy atom. The number of rotatable bonds is 4. The Morgan fingerprint density at radius 3 is 2.75 bits per heavy atom. The van der Waals surface area contributed by atoms with Crippen molar-refractivity contribution in [2.75, 3.05) is 23.8 Å². The first-order chi connectivity index (χ1) is 7.81. The van der Waals surface area contributed by atoms with E-state index < -0.39 is 0 Å². The molecule has 1 aliphatic heterocycles. The van der Waals surface area contributed by atoms with Crippen molar-refractivity contribution < 1.29 is 5.11 Å². The minimum Gasteiger partial charge on any atom is -0.399 e. The van der Waals surface area contributed by atoms with Crippen LogP contribution in [0.1, 0.15) is 25.7 Å². The lowest BCUT2D eigenvalue weighted by Crippen LogP contribution is -2.29. The number of hydrogen-bond donors (Lipinski definition) is 2. The van der Waals surface area contributed by atoms with Crippen molar-refractivity contribution in [3.63, 3.8) is 0 Å². The van der Waals surface area contributed by atoms with Crippen molar-refractivity contribution in [1.82, 2.24) is 0 Å². The molecule has 0 spiro atoms. The molecule has 0 saturated carbocycles. The number of aliphatic hydroxyl groups excluding tert-OH is 1. The van der Waals surface area contributed by atoms with E-state index in [4.69, 9.17) is 10.8 Å². The molecule has 1 fully saturated rings. The van der Waals surface area contributed by atoms with Crippen LogP contribution in [0, 0.1) is 0 Å². The van der Waals surface area contributed by atoms with Gasteiger partial charge >= 0.3 is 0 Å². The third-order valence-corrected chi connectivity index (χ3v) is 3.30. The largest absolute Gasteiger partial charge is 0.399 e. The summed E-state index contributed by atoms with van der Waals surface area (Å²) in [6.45, 7) is 1.42. The lowest BCUT2D eigenvalue weighted by Gasteiger charge is -2.26. The summed E-state index contributed by atoms with van der Waals surface area (Å²) in [5, 5.41) is 8.88. The Hall–Kier alpha value is -1.22. The van der Waals surface area contributed by atoms with Gasteiger partial charge in [0.25, 0.3) is 0 Å². The SMILES string of the molecule is Nc1ccc(N2CCCC2CCCO)cc1. The topological polar surface area (TPSA) is 49.5 Å². The average Bonchev–Trinajstić information content (AvgIpc) is 2.75. The summed E-state index contributed by atoms with van der Waals surface area (Å²) in [6.07, 6.45) is 4.47. The molecule has 0 bridgehead atoms. The number of nitrogens with zero attached hydrogens (tertiary/aromatic N) is 1. The predicted octanol–water partition coefficient (Wildman–Crippen LogP) is 2.01. The van der Waals surface area contributed by atoms with Gasteiger partial charge in [-0.05, 0) is 49.9 Å². The van der Waals surface area contributed by atoms with Gasteiger partial charge in [-0.2, -0.15) is 0 Å². The Balaban J connectivity index is 2.04. The van der Waals surface area contributed by atoms with Crippen LogP contribution in [0.5, 0.6) is 0 Å². The third-order valence-electron chi connectivity index (χ3n) is 3.30. The molecule has 3 heteroatoms. The van der Waals surface area contributed by atoms with Crippen LogP contribution in [0.3, 0.4) is 0 Å².